The van der Waals surface area contributed by atoms with Gasteiger partial charge in [-0.2, -0.15) is 0 Å². The van der Waals surface area contributed by atoms with Gasteiger partial charge in [0.1, 0.15) is 0 Å². The van der Waals surface area contributed by atoms with E-state index in [1.807, 2.05) is 31.2 Å². The summed E-state index contributed by atoms with van der Waals surface area (Å²) in [6.07, 6.45) is 1.82. The Morgan fingerprint density at radius 3 is 2.64 bits per heavy atom. The zero-order chi connectivity index (χ0) is 18.0. The van der Waals surface area contributed by atoms with Gasteiger partial charge in [0.15, 0.2) is 0 Å². The molecule has 0 saturated carbocycles. The lowest BCUT2D eigenvalue weighted by molar-refractivity contribution is -0.120. The van der Waals surface area contributed by atoms with Crippen molar-refractivity contribution in [3.63, 3.8) is 0 Å². The first-order valence-corrected chi connectivity index (χ1v) is 9.28. The Morgan fingerprint density at radius 1 is 1.12 bits per heavy atom. The van der Waals surface area contributed by atoms with Crippen LogP contribution in [-0.4, -0.2) is 19.3 Å². The molecule has 1 aromatic heterocycles. The second-order valence-corrected chi connectivity index (χ2v) is 7.61. The molecule has 1 amide bonds. The van der Waals surface area contributed by atoms with Gasteiger partial charge in [-0.25, -0.2) is 8.42 Å². The van der Waals surface area contributed by atoms with Gasteiger partial charge in [0, 0.05) is 17.1 Å². The molecule has 6 nitrogen and oxygen atoms in total. The number of amides is 1. The van der Waals surface area contributed by atoms with Crippen molar-refractivity contribution in [3.05, 3.63) is 65.4 Å². The Bertz CT molecular complexity index is 1040. The zero-order valence-electron chi connectivity index (χ0n) is 14.0. The summed E-state index contributed by atoms with van der Waals surface area (Å²) in [5.74, 6) is -0.432. The average molecular weight is 357 g/mol. The fourth-order valence-electron chi connectivity index (χ4n) is 2.77. The van der Waals surface area contributed by atoms with Crippen LogP contribution in [0.15, 0.2) is 53.6 Å². The van der Waals surface area contributed by atoms with Crippen LogP contribution in [0, 0.1) is 13.8 Å². The summed E-state index contributed by atoms with van der Waals surface area (Å²) in [4.78, 5) is 17.5. The van der Waals surface area contributed by atoms with Gasteiger partial charge in [0.05, 0.1) is 11.3 Å². The number of aromatic nitrogens is 1. The van der Waals surface area contributed by atoms with E-state index in [0.29, 0.717) is 5.56 Å². The van der Waals surface area contributed by atoms with Crippen molar-refractivity contribution in [2.45, 2.75) is 25.2 Å². The van der Waals surface area contributed by atoms with Gasteiger partial charge in [-0.1, -0.05) is 35.9 Å². The number of aromatic amines is 1. The number of hydrogen-bond acceptors (Lipinski definition) is 3. The maximum absolute atomic E-state index is 12.4. The van der Waals surface area contributed by atoms with Crippen molar-refractivity contribution in [2.24, 2.45) is 0 Å². The van der Waals surface area contributed by atoms with Crippen molar-refractivity contribution >= 4 is 26.8 Å². The van der Waals surface area contributed by atoms with Crippen LogP contribution in [0.5, 0.6) is 0 Å². The quantitative estimate of drug-likeness (QED) is 0.612. The molecule has 3 aromatic rings. The van der Waals surface area contributed by atoms with Crippen molar-refractivity contribution in [1.82, 2.24) is 15.2 Å². The molecule has 2 aromatic carbocycles. The van der Waals surface area contributed by atoms with E-state index >= 15 is 0 Å². The summed E-state index contributed by atoms with van der Waals surface area (Å²) in [5.41, 5.74) is 5.61. The molecule has 0 unspecified atom stereocenters. The third-order valence-corrected chi connectivity index (χ3v) is 5.38. The van der Waals surface area contributed by atoms with E-state index < -0.39 is 15.9 Å². The van der Waals surface area contributed by atoms with Crippen LogP contribution in [0.2, 0.25) is 0 Å². The number of nitrogens with one attached hydrogen (secondary N) is 3. The van der Waals surface area contributed by atoms with Crippen LogP contribution >= 0.6 is 0 Å². The third-order valence-electron chi connectivity index (χ3n) is 3.97. The third kappa shape index (κ3) is 3.72. The van der Waals surface area contributed by atoms with Gasteiger partial charge in [0.25, 0.3) is 10.0 Å². The number of carbonyl (C=O) groups excluding carboxylic acids is 1. The molecular weight excluding hydrogens is 338 g/mol. The maximum Gasteiger partial charge on any atom is 0.257 e. The lowest BCUT2D eigenvalue weighted by Gasteiger charge is -2.11. The highest BCUT2D eigenvalue weighted by Crippen LogP contribution is 2.18. The predicted octanol–water partition coefficient (Wildman–Crippen LogP) is 2.34. The van der Waals surface area contributed by atoms with Crippen LogP contribution in [0.25, 0.3) is 10.9 Å². The number of carbonyl (C=O) groups is 1. The average Bonchev–Trinajstić information content (AvgIpc) is 2.96. The maximum atomic E-state index is 12.4. The minimum absolute atomic E-state index is 0.0689. The molecule has 0 fully saturated rings. The Balaban J connectivity index is 1.69. The van der Waals surface area contributed by atoms with Crippen LogP contribution in [0.4, 0.5) is 0 Å². The number of benzene rings is 2. The van der Waals surface area contributed by atoms with E-state index in [1.54, 1.807) is 25.3 Å². The number of H-pyrrole nitrogens is 1. The van der Waals surface area contributed by atoms with Gasteiger partial charge in [-0.15, -0.1) is 4.83 Å². The molecular formula is C18H19N3O3S. The van der Waals surface area contributed by atoms with Crippen molar-refractivity contribution in [3.8, 4) is 0 Å². The Labute approximate surface area is 146 Å². The van der Waals surface area contributed by atoms with E-state index in [4.69, 9.17) is 0 Å². The number of sulfonamides is 1. The van der Waals surface area contributed by atoms with Crippen LogP contribution < -0.4 is 10.3 Å². The number of para-hydroxylation sites is 1. The van der Waals surface area contributed by atoms with Gasteiger partial charge in [0.2, 0.25) is 5.91 Å². The SMILES string of the molecule is Cc1ccc(S(=O)(=O)NNC(=O)Cc2c[nH]c3ccccc23)c(C)c1. The minimum Gasteiger partial charge on any atom is -0.361 e. The second kappa shape index (κ2) is 6.70. The largest absolute Gasteiger partial charge is 0.361 e. The first-order chi connectivity index (χ1) is 11.9. The predicted molar refractivity (Wildman–Crippen MR) is 96.4 cm³/mol. The molecule has 25 heavy (non-hydrogen) atoms. The van der Waals surface area contributed by atoms with E-state index in [1.165, 1.54) is 6.07 Å². The molecule has 0 aliphatic carbocycles. The van der Waals surface area contributed by atoms with Gasteiger partial charge in [-0.05, 0) is 37.1 Å². The lowest BCUT2D eigenvalue weighted by Crippen LogP contribution is -2.42. The number of hydrogen-bond donors (Lipinski definition) is 3. The number of hydrazine groups is 1. The summed E-state index contributed by atoms with van der Waals surface area (Å²) in [6, 6.07) is 12.6. The van der Waals surface area contributed by atoms with Crippen molar-refractivity contribution in [2.75, 3.05) is 0 Å². The summed E-state index contributed by atoms with van der Waals surface area (Å²) in [7, 11) is -3.81. The van der Waals surface area contributed by atoms with E-state index in [9.17, 15) is 13.2 Å². The van der Waals surface area contributed by atoms with Gasteiger partial charge >= 0.3 is 0 Å². The molecule has 0 aliphatic heterocycles. The topological polar surface area (TPSA) is 91.1 Å². The first-order valence-electron chi connectivity index (χ1n) is 7.80. The minimum atomic E-state index is -3.81. The van der Waals surface area contributed by atoms with E-state index in [0.717, 1.165) is 22.0 Å². The van der Waals surface area contributed by atoms with Gasteiger partial charge in [-0.3, -0.25) is 10.2 Å². The normalized spacial score (nSPS) is 11.6. The Hall–Kier alpha value is -2.64. The molecule has 0 saturated heterocycles. The van der Waals surface area contributed by atoms with Crippen molar-refractivity contribution in [1.29, 1.82) is 0 Å². The number of aryl methyl sites for hydroxylation is 2. The molecule has 7 heteroatoms. The molecule has 3 N–H and O–H groups in total. The molecule has 0 aliphatic rings. The fraction of sp³-hybridized carbons (Fsp3) is 0.167. The summed E-state index contributed by atoms with van der Waals surface area (Å²) in [6.45, 7) is 3.61. The summed E-state index contributed by atoms with van der Waals surface area (Å²) in [5, 5.41) is 0.940. The van der Waals surface area contributed by atoms with Crippen LogP contribution in [0.1, 0.15) is 16.7 Å². The van der Waals surface area contributed by atoms with E-state index in [2.05, 4.69) is 15.2 Å². The molecule has 0 atom stereocenters. The molecule has 130 valence electrons. The second-order valence-electron chi connectivity index (χ2n) is 5.96. The van der Waals surface area contributed by atoms with Crippen molar-refractivity contribution < 1.29 is 13.2 Å². The zero-order valence-corrected chi connectivity index (χ0v) is 14.8. The monoisotopic (exact) mass is 357 g/mol. The Morgan fingerprint density at radius 2 is 1.88 bits per heavy atom. The standard InChI is InChI=1S/C18H19N3O3S/c1-12-7-8-17(13(2)9-12)25(23,24)21-20-18(22)10-14-11-19-16-6-4-3-5-15(14)16/h3-9,11,19,21H,10H2,1-2H3,(H,20,22). The number of fused-ring (bicyclic) bond motifs is 1. The molecule has 0 radical (unpaired) electrons. The summed E-state index contributed by atoms with van der Waals surface area (Å²) < 4.78 is 24.7. The first kappa shape index (κ1) is 17.2. The molecule has 1 heterocycles. The molecule has 0 spiro atoms. The Kier molecular flexibility index (Phi) is 4.61. The lowest BCUT2D eigenvalue weighted by atomic mass is 10.1. The van der Waals surface area contributed by atoms with E-state index in [-0.39, 0.29) is 11.3 Å². The van der Waals surface area contributed by atoms with Crippen LogP contribution in [0.3, 0.4) is 0 Å². The molecule has 3 rings (SSSR count). The highest BCUT2D eigenvalue weighted by atomic mass is 32.2. The highest BCUT2D eigenvalue weighted by molar-refractivity contribution is 7.89. The number of rotatable bonds is 5. The summed E-state index contributed by atoms with van der Waals surface area (Å²) >= 11 is 0. The van der Waals surface area contributed by atoms with Gasteiger partial charge < -0.3 is 4.98 Å². The van der Waals surface area contributed by atoms with Crippen LogP contribution in [-0.2, 0) is 21.2 Å². The molecule has 0 bridgehead atoms. The highest BCUT2D eigenvalue weighted by Gasteiger charge is 2.18. The smallest absolute Gasteiger partial charge is 0.257 e. The fourth-order valence-corrected chi connectivity index (χ4v) is 3.86.